The Bertz CT molecular complexity index is 891. The maximum atomic E-state index is 12.8. The summed E-state index contributed by atoms with van der Waals surface area (Å²) in [5.41, 5.74) is 1.30. The Labute approximate surface area is 180 Å². The summed E-state index contributed by atoms with van der Waals surface area (Å²) in [4.78, 5) is 24.8. The van der Waals surface area contributed by atoms with Gasteiger partial charge in [-0.2, -0.15) is 0 Å². The normalized spacial score (nSPS) is 30.1. The molecule has 1 N–H and O–H groups in total. The van der Waals surface area contributed by atoms with Crippen LogP contribution in [0.4, 0.5) is 0 Å². The average Bonchev–Trinajstić information content (AvgIpc) is 2.80. The molecule has 8 nitrogen and oxygen atoms in total. The van der Waals surface area contributed by atoms with Gasteiger partial charge in [-0.05, 0) is 12.1 Å². The summed E-state index contributed by atoms with van der Waals surface area (Å²) in [5, 5.41) is 2.89. The summed E-state index contributed by atoms with van der Waals surface area (Å²) in [5.74, 6) is -0.829. The number of hydrogen-bond donors (Lipinski definition) is 1. The van der Waals surface area contributed by atoms with Gasteiger partial charge in [-0.3, -0.25) is 9.59 Å². The van der Waals surface area contributed by atoms with Crippen molar-refractivity contribution in [3.8, 4) is 0 Å². The highest BCUT2D eigenvalue weighted by atomic mass is 16.7. The molecule has 6 atom stereocenters. The maximum Gasteiger partial charge on any atom is 0.303 e. The molecular weight excluding hydrogens is 402 g/mol. The predicted molar refractivity (Wildman–Crippen MR) is 109 cm³/mol. The second-order valence-electron chi connectivity index (χ2n) is 7.39. The number of rotatable bonds is 5. The third-order valence-corrected chi connectivity index (χ3v) is 5.28. The van der Waals surface area contributed by atoms with Crippen LogP contribution in [0.5, 0.6) is 0 Å². The van der Waals surface area contributed by atoms with Crippen molar-refractivity contribution in [2.24, 2.45) is 0 Å². The summed E-state index contributed by atoms with van der Waals surface area (Å²) in [7, 11) is 1.47. The molecule has 2 aromatic carbocycles. The lowest BCUT2D eigenvalue weighted by atomic mass is 9.95. The van der Waals surface area contributed by atoms with Gasteiger partial charge in [0, 0.05) is 25.2 Å². The Balaban J connectivity index is 1.60. The first-order valence-electron chi connectivity index (χ1n) is 10.1. The van der Waals surface area contributed by atoms with Gasteiger partial charge < -0.3 is 29.0 Å². The third kappa shape index (κ3) is 4.77. The molecule has 8 heteroatoms. The van der Waals surface area contributed by atoms with Crippen molar-refractivity contribution in [3.05, 3.63) is 71.8 Å². The second-order valence-corrected chi connectivity index (χ2v) is 7.39. The summed E-state index contributed by atoms with van der Waals surface area (Å²) >= 11 is 0. The number of carbonyl (C=O) groups is 2. The minimum atomic E-state index is -0.848. The van der Waals surface area contributed by atoms with E-state index >= 15 is 0 Å². The average molecular weight is 427 g/mol. The quantitative estimate of drug-likeness (QED) is 0.732. The summed E-state index contributed by atoms with van der Waals surface area (Å²) in [6, 6.07) is 17.4. The standard InChI is InChI=1S/C23H25NO7/c1-14(25)29-20-18(24-21(26)15-9-5-3-6-10-15)23(27-2)30-17-13-28-22(31-19(17)20)16-11-7-4-8-12-16/h3-12,17-20,22-23H,13H2,1-2H3,(H,24,26)/t17-,18-,19-,20+,22?,23?/m1/s1. The lowest BCUT2D eigenvalue weighted by molar-refractivity contribution is -0.341. The molecule has 2 aromatic rings. The number of methoxy groups -OCH3 is 1. The van der Waals surface area contributed by atoms with Crippen LogP contribution in [0.2, 0.25) is 0 Å². The largest absolute Gasteiger partial charge is 0.457 e. The highest BCUT2D eigenvalue weighted by molar-refractivity contribution is 5.94. The van der Waals surface area contributed by atoms with E-state index in [0.29, 0.717) is 5.56 Å². The molecule has 0 spiro atoms. The first-order valence-corrected chi connectivity index (χ1v) is 10.1. The molecule has 0 radical (unpaired) electrons. The number of benzene rings is 2. The smallest absolute Gasteiger partial charge is 0.303 e. The molecule has 2 aliphatic rings. The summed E-state index contributed by atoms with van der Waals surface area (Å²) in [6.45, 7) is 1.54. The van der Waals surface area contributed by atoms with Gasteiger partial charge in [-0.15, -0.1) is 0 Å². The second kappa shape index (κ2) is 9.57. The zero-order valence-electron chi connectivity index (χ0n) is 17.3. The van der Waals surface area contributed by atoms with E-state index < -0.39 is 42.9 Å². The van der Waals surface area contributed by atoms with Crippen LogP contribution in [-0.4, -0.2) is 56.2 Å². The summed E-state index contributed by atoms with van der Waals surface area (Å²) < 4.78 is 29.1. The van der Waals surface area contributed by atoms with Crippen LogP contribution in [0.25, 0.3) is 0 Å². The lowest BCUT2D eigenvalue weighted by Crippen LogP contribution is -2.67. The van der Waals surface area contributed by atoms with Gasteiger partial charge in [0.15, 0.2) is 18.7 Å². The molecule has 0 aliphatic carbocycles. The zero-order chi connectivity index (χ0) is 21.8. The van der Waals surface area contributed by atoms with Crippen molar-refractivity contribution in [1.82, 2.24) is 5.32 Å². The molecule has 2 saturated heterocycles. The van der Waals surface area contributed by atoms with Gasteiger partial charge in [-0.1, -0.05) is 48.5 Å². The Morgan fingerprint density at radius 3 is 2.32 bits per heavy atom. The number of carbonyl (C=O) groups excluding carboxylic acids is 2. The topological polar surface area (TPSA) is 92.3 Å². The number of nitrogens with one attached hydrogen (secondary N) is 1. The highest BCUT2D eigenvalue weighted by Gasteiger charge is 2.52. The fourth-order valence-electron chi connectivity index (χ4n) is 3.86. The van der Waals surface area contributed by atoms with Crippen LogP contribution >= 0.6 is 0 Å². The van der Waals surface area contributed by atoms with E-state index in [9.17, 15) is 9.59 Å². The molecule has 1 amide bonds. The molecule has 164 valence electrons. The third-order valence-electron chi connectivity index (χ3n) is 5.28. The summed E-state index contributed by atoms with van der Waals surface area (Å²) in [6.07, 6.45) is -3.51. The van der Waals surface area contributed by atoms with Crippen molar-refractivity contribution in [3.63, 3.8) is 0 Å². The van der Waals surface area contributed by atoms with Crippen molar-refractivity contribution in [2.45, 2.75) is 43.9 Å². The van der Waals surface area contributed by atoms with Crippen LogP contribution in [0, 0.1) is 0 Å². The van der Waals surface area contributed by atoms with E-state index in [1.165, 1.54) is 14.0 Å². The van der Waals surface area contributed by atoms with Gasteiger partial charge in [0.1, 0.15) is 18.2 Å². The van der Waals surface area contributed by atoms with Crippen molar-refractivity contribution < 1.29 is 33.3 Å². The zero-order valence-corrected chi connectivity index (χ0v) is 17.3. The molecule has 0 bridgehead atoms. The first kappa shape index (κ1) is 21.5. The van der Waals surface area contributed by atoms with E-state index in [1.807, 2.05) is 36.4 Å². The highest BCUT2D eigenvalue weighted by Crippen LogP contribution is 2.35. The van der Waals surface area contributed by atoms with Gasteiger partial charge >= 0.3 is 5.97 Å². The number of ether oxygens (including phenoxy) is 5. The van der Waals surface area contributed by atoms with Crippen LogP contribution in [0.3, 0.4) is 0 Å². The molecule has 0 saturated carbocycles. The number of hydrogen-bond acceptors (Lipinski definition) is 7. The Hall–Kier alpha value is -2.78. The van der Waals surface area contributed by atoms with Crippen LogP contribution in [0.15, 0.2) is 60.7 Å². The fraction of sp³-hybridized carbons (Fsp3) is 0.391. The van der Waals surface area contributed by atoms with E-state index in [1.54, 1.807) is 24.3 Å². The van der Waals surface area contributed by atoms with Crippen molar-refractivity contribution in [2.75, 3.05) is 13.7 Å². The number of amides is 1. The molecule has 2 aliphatic heterocycles. The fourth-order valence-corrected chi connectivity index (χ4v) is 3.86. The minimum absolute atomic E-state index is 0.223. The SMILES string of the molecule is COC1O[C@@H]2COC(c3ccccc3)O[C@H]2[C@@H](OC(C)=O)[C@H]1NC(=O)c1ccccc1. The Kier molecular flexibility index (Phi) is 6.62. The lowest BCUT2D eigenvalue weighted by Gasteiger charge is -2.48. The van der Waals surface area contributed by atoms with Crippen LogP contribution in [-0.2, 0) is 28.5 Å². The number of esters is 1. The minimum Gasteiger partial charge on any atom is -0.457 e. The molecule has 2 fully saturated rings. The molecule has 31 heavy (non-hydrogen) atoms. The van der Waals surface area contributed by atoms with E-state index in [-0.39, 0.29) is 12.5 Å². The van der Waals surface area contributed by atoms with Gasteiger partial charge in [0.2, 0.25) is 0 Å². The van der Waals surface area contributed by atoms with Gasteiger partial charge in [0.25, 0.3) is 5.91 Å². The van der Waals surface area contributed by atoms with Gasteiger partial charge in [-0.25, -0.2) is 0 Å². The Morgan fingerprint density at radius 2 is 1.68 bits per heavy atom. The molecule has 2 unspecified atom stereocenters. The van der Waals surface area contributed by atoms with Gasteiger partial charge in [0.05, 0.1) is 6.61 Å². The molecule has 4 rings (SSSR count). The van der Waals surface area contributed by atoms with Crippen molar-refractivity contribution in [1.29, 1.82) is 0 Å². The van der Waals surface area contributed by atoms with E-state index in [2.05, 4.69) is 5.32 Å². The molecular formula is C23H25NO7. The molecule has 0 aromatic heterocycles. The number of fused-ring (bicyclic) bond motifs is 1. The monoisotopic (exact) mass is 427 g/mol. The molecule has 2 heterocycles. The Morgan fingerprint density at radius 1 is 1.00 bits per heavy atom. The van der Waals surface area contributed by atoms with Crippen molar-refractivity contribution >= 4 is 11.9 Å². The van der Waals surface area contributed by atoms with E-state index in [0.717, 1.165) is 5.56 Å². The first-order chi connectivity index (χ1) is 15.1. The maximum absolute atomic E-state index is 12.8. The predicted octanol–water partition coefficient (Wildman–Crippen LogP) is 2.20. The van der Waals surface area contributed by atoms with Crippen LogP contribution in [0.1, 0.15) is 29.1 Å². The van der Waals surface area contributed by atoms with Crippen LogP contribution < -0.4 is 5.32 Å². The van der Waals surface area contributed by atoms with E-state index in [4.69, 9.17) is 23.7 Å².